The summed E-state index contributed by atoms with van der Waals surface area (Å²) in [4.78, 5) is 17.4. The van der Waals surface area contributed by atoms with Crippen LogP contribution in [0.3, 0.4) is 0 Å². The first-order valence-corrected chi connectivity index (χ1v) is 11.7. The molecule has 1 heterocycles. The summed E-state index contributed by atoms with van der Waals surface area (Å²) in [6, 6.07) is 10.4. The van der Waals surface area contributed by atoms with Crippen molar-refractivity contribution in [3.05, 3.63) is 81.8 Å². The number of amides is 1. The highest BCUT2D eigenvalue weighted by atomic mass is 35.5. The molecule has 3 rings (SSSR count). The van der Waals surface area contributed by atoms with E-state index in [9.17, 15) is 13.2 Å². The quantitative estimate of drug-likeness (QED) is 0.458. The van der Waals surface area contributed by atoms with Crippen molar-refractivity contribution in [2.24, 2.45) is 0 Å². The van der Waals surface area contributed by atoms with Gasteiger partial charge in [0, 0.05) is 21.7 Å². The summed E-state index contributed by atoms with van der Waals surface area (Å²) < 4.78 is 27.9. The van der Waals surface area contributed by atoms with Gasteiger partial charge in [0.15, 0.2) is 5.13 Å². The Morgan fingerprint density at radius 1 is 1.23 bits per heavy atom. The van der Waals surface area contributed by atoms with Gasteiger partial charge in [-0.15, -0.1) is 17.9 Å². The van der Waals surface area contributed by atoms with Crippen molar-refractivity contribution in [3.63, 3.8) is 0 Å². The van der Waals surface area contributed by atoms with E-state index in [0.717, 1.165) is 9.18 Å². The second kappa shape index (κ2) is 9.18. The van der Waals surface area contributed by atoms with Crippen molar-refractivity contribution in [2.45, 2.75) is 11.8 Å². The van der Waals surface area contributed by atoms with Gasteiger partial charge in [0.05, 0.1) is 17.3 Å². The fraction of sp³-hybridized carbons (Fsp3) is 0.100. The SMILES string of the molecule is C=CCN(c1ccc(Cl)cc1)S(=O)(=O)c1cc(C(=O)Nc2ncc(C)s2)ccc1Cl. The molecule has 0 saturated heterocycles. The number of aromatic nitrogens is 1. The topological polar surface area (TPSA) is 79.4 Å². The van der Waals surface area contributed by atoms with Crippen LogP contribution in [0.15, 0.2) is 66.2 Å². The third kappa shape index (κ3) is 4.84. The molecule has 0 spiro atoms. The molecule has 0 aliphatic heterocycles. The smallest absolute Gasteiger partial charge is 0.266 e. The first-order chi connectivity index (χ1) is 14.2. The van der Waals surface area contributed by atoms with Crippen LogP contribution in [-0.4, -0.2) is 25.9 Å². The number of rotatable bonds is 7. The van der Waals surface area contributed by atoms with Crippen LogP contribution in [0.5, 0.6) is 0 Å². The standard InChI is InChI=1S/C20H17Cl2N3O3S2/c1-3-10-25(16-7-5-15(21)6-8-16)30(27,28)18-11-14(4-9-17(18)22)19(26)24-20-23-12-13(2)29-20/h3-9,11-12H,1,10H2,2H3,(H,23,24,26). The van der Waals surface area contributed by atoms with Gasteiger partial charge in [0.2, 0.25) is 0 Å². The van der Waals surface area contributed by atoms with E-state index in [4.69, 9.17) is 23.2 Å². The fourth-order valence-corrected chi connectivity index (χ4v) is 5.33. The lowest BCUT2D eigenvalue weighted by Crippen LogP contribution is -2.31. The second-order valence-corrected chi connectivity index (χ2v) is 10.1. The molecule has 156 valence electrons. The van der Waals surface area contributed by atoms with Gasteiger partial charge in [-0.05, 0) is 49.4 Å². The summed E-state index contributed by atoms with van der Waals surface area (Å²) in [6.07, 6.45) is 3.10. The van der Waals surface area contributed by atoms with Crippen LogP contribution in [0.25, 0.3) is 0 Å². The molecular formula is C20H17Cl2N3O3S2. The Morgan fingerprint density at radius 3 is 2.53 bits per heavy atom. The zero-order valence-corrected chi connectivity index (χ0v) is 18.9. The van der Waals surface area contributed by atoms with Crippen molar-refractivity contribution in [1.29, 1.82) is 0 Å². The van der Waals surface area contributed by atoms with Crippen molar-refractivity contribution in [3.8, 4) is 0 Å². The van der Waals surface area contributed by atoms with Crippen molar-refractivity contribution >= 4 is 61.3 Å². The normalized spacial score (nSPS) is 11.2. The highest BCUT2D eigenvalue weighted by molar-refractivity contribution is 7.93. The minimum absolute atomic E-state index is 0.000307. The molecule has 0 aliphatic rings. The number of aryl methyl sites for hydroxylation is 1. The van der Waals surface area contributed by atoms with Gasteiger partial charge in [-0.25, -0.2) is 13.4 Å². The summed E-state index contributed by atoms with van der Waals surface area (Å²) in [5, 5.41) is 3.55. The van der Waals surface area contributed by atoms with Gasteiger partial charge >= 0.3 is 0 Å². The number of halogens is 2. The monoisotopic (exact) mass is 481 g/mol. The number of benzene rings is 2. The first kappa shape index (κ1) is 22.3. The van der Waals surface area contributed by atoms with Crippen LogP contribution in [0.1, 0.15) is 15.2 Å². The Hall–Kier alpha value is -2.39. The van der Waals surface area contributed by atoms with Gasteiger partial charge in [-0.1, -0.05) is 29.3 Å². The molecule has 0 aliphatic carbocycles. The molecule has 10 heteroatoms. The first-order valence-electron chi connectivity index (χ1n) is 8.65. The molecule has 1 N–H and O–H groups in total. The second-order valence-electron chi connectivity index (χ2n) is 6.18. The molecule has 1 amide bonds. The average Bonchev–Trinajstić information content (AvgIpc) is 3.11. The molecule has 0 atom stereocenters. The summed E-state index contributed by atoms with van der Waals surface area (Å²) in [5.41, 5.74) is 0.531. The highest BCUT2D eigenvalue weighted by Crippen LogP contribution is 2.30. The minimum atomic E-state index is -4.09. The Bertz CT molecular complexity index is 1190. The fourth-order valence-electron chi connectivity index (χ4n) is 2.61. The molecule has 30 heavy (non-hydrogen) atoms. The van der Waals surface area contributed by atoms with E-state index in [1.807, 2.05) is 6.92 Å². The average molecular weight is 482 g/mol. The van der Waals surface area contributed by atoms with Crippen LogP contribution in [0.4, 0.5) is 10.8 Å². The molecular weight excluding hydrogens is 465 g/mol. The predicted molar refractivity (Wildman–Crippen MR) is 122 cm³/mol. The molecule has 6 nitrogen and oxygen atoms in total. The van der Waals surface area contributed by atoms with E-state index in [1.54, 1.807) is 30.5 Å². The third-order valence-electron chi connectivity index (χ3n) is 4.01. The van der Waals surface area contributed by atoms with E-state index in [0.29, 0.717) is 15.8 Å². The van der Waals surface area contributed by atoms with Crippen LogP contribution < -0.4 is 9.62 Å². The van der Waals surface area contributed by atoms with E-state index in [2.05, 4.69) is 16.9 Å². The largest absolute Gasteiger partial charge is 0.298 e. The Balaban J connectivity index is 1.99. The number of carbonyl (C=O) groups excluding carboxylic acids is 1. The maximum absolute atomic E-state index is 13.4. The number of nitrogens with one attached hydrogen (secondary N) is 1. The summed E-state index contributed by atoms with van der Waals surface area (Å²) in [5.74, 6) is -0.487. The van der Waals surface area contributed by atoms with Crippen LogP contribution in [-0.2, 0) is 10.0 Å². The molecule has 3 aromatic rings. The Morgan fingerprint density at radius 2 is 1.93 bits per heavy atom. The lowest BCUT2D eigenvalue weighted by molar-refractivity contribution is 0.102. The number of hydrogen-bond acceptors (Lipinski definition) is 5. The van der Waals surface area contributed by atoms with E-state index in [1.165, 1.54) is 35.6 Å². The van der Waals surface area contributed by atoms with Crippen molar-refractivity contribution in [1.82, 2.24) is 4.98 Å². The van der Waals surface area contributed by atoms with Crippen molar-refractivity contribution < 1.29 is 13.2 Å². The number of anilines is 2. The molecule has 0 bridgehead atoms. The Labute approximate surface area is 188 Å². The number of sulfonamides is 1. The number of hydrogen-bond donors (Lipinski definition) is 1. The Kier molecular flexibility index (Phi) is 6.82. The third-order valence-corrected chi connectivity index (χ3v) is 7.37. The van der Waals surface area contributed by atoms with Crippen LogP contribution in [0, 0.1) is 6.92 Å². The summed E-state index contributed by atoms with van der Waals surface area (Å²) >= 11 is 13.4. The van der Waals surface area contributed by atoms with Crippen molar-refractivity contribution in [2.75, 3.05) is 16.2 Å². The van der Waals surface area contributed by atoms with E-state index in [-0.39, 0.29) is 22.0 Å². The predicted octanol–water partition coefficient (Wildman–Crippen LogP) is 5.39. The maximum Gasteiger partial charge on any atom is 0.266 e. The van der Waals surface area contributed by atoms with Gasteiger partial charge in [0.1, 0.15) is 4.90 Å². The van der Waals surface area contributed by atoms with Crippen LogP contribution in [0.2, 0.25) is 10.0 Å². The molecule has 2 aromatic carbocycles. The zero-order valence-electron chi connectivity index (χ0n) is 15.8. The maximum atomic E-state index is 13.4. The summed E-state index contributed by atoms with van der Waals surface area (Å²) in [6.45, 7) is 5.51. The molecule has 1 aromatic heterocycles. The van der Waals surface area contributed by atoms with Gasteiger partial charge in [0.25, 0.3) is 15.9 Å². The molecule has 0 fully saturated rings. The van der Waals surface area contributed by atoms with E-state index >= 15 is 0 Å². The van der Waals surface area contributed by atoms with Gasteiger partial charge in [-0.2, -0.15) is 0 Å². The number of carbonyl (C=O) groups is 1. The van der Waals surface area contributed by atoms with Gasteiger partial charge < -0.3 is 0 Å². The number of thiazole rings is 1. The zero-order chi connectivity index (χ0) is 21.9. The molecule has 0 saturated carbocycles. The molecule has 0 unspecified atom stereocenters. The lowest BCUT2D eigenvalue weighted by Gasteiger charge is -2.24. The summed E-state index contributed by atoms with van der Waals surface area (Å²) in [7, 11) is -4.09. The lowest BCUT2D eigenvalue weighted by atomic mass is 10.2. The van der Waals surface area contributed by atoms with Gasteiger partial charge in [-0.3, -0.25) is 14.4 Å². The molecule has 0 radical (unpaired) electrons. The van der Waals surface area contributed by atoms with Crippen LogP contribution >= 0.6 is 34.5 Å². The minimum Gasteiger partial charge on any atom is -0.298 e. The van der Waals surface area contributed by atoms with E-state index < -0.39 is 15.9 Å². The highest BCUT2D eigenvalue weighted by Gasteiger charge is 2.27. The number of nitrogens with zero attached hydrogens (tertiary/aromatic N) is 2.